The largest absolute Gasteiger partial charge is 0.478 e. The molecule has 0 saturated heterocycles. The van der Waals surface area contributed by atoms with Crippen LogP contribution in [0.3, 0.4) is 0 Å². The highest BCUT2D eigenvalue weighted by molar-refractivity contribution is 9.10. The van der Waals surface area contributed by atoms with Crippen molar-refractivity contribution in [2.75, 3.05) is 5.32 Å². The van der Waals surface area contributed by atoms with Crippen molar-refractivity contribution in [1.29, 1.82) is 0 Å². The second-order valence-corrected chi connectivity index (χ2v) is 6.50. The number of benzene rings is 2. The Hall–Kier alpha value is -2.39. The van der Waals surface area contributed by atoms with Crippen molar-refractivity contribution in [3.05, 3.63) is 57.3 Å². The average molecular weight is 447 g/mol. The highest BCUT2D eigenvalue weighted by Gasteiger charge is 2.35. The van der Waals surface area contributed by atoms with E-state index in [9.17, 15) is 18.0 Å². The lowest BCUT2D eigenvalue weighted by atomic mass is 10.2. The molecular formula is C16H8BrClF3N3O2. The summed E-state index contributed by atoms with van der Waals surface area (Å²) in [5.74, 6) is -2.66. The van der Waals surface area contributed by atoms with E-state index in [1.165, 1.54) is 24.3 Å². The molecule has 0 unspecified atom stereocenters. The van der Waals surface area contributed by atoms with Gasteiger partial charge in [-0.2, -0.15) is 13.2 Å². The van der Waals surface area contributed by atoms with Gasteiger partial charge in [0.2, 0.25) is 5.82 Å². The van der Waals surface area contributed by atoms with Gasteiger partial charge in [0.1, 0.15) is 5.82 Å². The van der Waals surface area contributed by atoms with E-state index >= 15 is 0 Å². The molecule has 1 heterocycles. The molecule has 2 N–H and O–H groups in total. The van der Waals surface area contributed by atoms with Gasteiger partial charge in [0.05, 0.1) is 21.8 Å². The summed E-state index contributed by atoms with van der Waals surface area (Å²) in [5.41, 5.74) is 0.107. The number of nitrogens with one attached hydrogen (secondary N) is 1. The average Bonchev–Trinajstić information content (AvgIpc) is 2.55. The summed E-state index contributed by atoms with van der Waals surface area (Å²) in [4.78, 5) is 18.2. The third-order valence-electron chi connectivity index (χ3n) is 3.38. The Morgan fingerprint density at radius 3 is 2.54 bits per heavy atom. The zero-order chi connectivity index (χ0) is 19.1. The molecule has 0 amide bonds. The predicted molar refractivity (Wildman–Crippen MR) is 93.9 cm³/mol. The first-order chi connectivity index (χ1) is 12.1. The molecule has 2 aromatic carbocycles. The van der Waals surface area contributed by atoms with E-state index in [-0.39, 0.29) is 27.6 Å². The number of rotatable bonds is 3. The molecule has 0 aliphatic carbocycles. The van der Waals surface area contributed by atoms with E-state index < -0.39 is 18.0 Å². The number of hydrogen-bond acceptors (Lipinski definition) is 4. The molecular weight excluding hydrogens is 439 g/mol. The molecule has 3 aromatic rings. The summed E-state index contributed by atoms with van der Waals surface area (Å²) < 4.78 is 39.9. The molecule has 0 spiro atoms. The number of halogens is 5. The van der Waals surface area contributed by atoms with Crippen molar-refractivity contribution in [1.82, 2.24) is 9.97 Å². The fourth-order valence-electron chi connectivity index (χ4n) is 2.20. The third kappa shape index (κ3) is 3.73. The maximum atomic E-state index is 13.1. The van der Waals surface area contributed by atoms with Gasteiger partial charge in [-0.15, -0.1) is 0 Å². The monoisotopic (exact) mass is 445 g/mol. The Morgan fingerprint density at radius 1 is 1.15 bits per heavy atom. The molecule has 0 aliphatic heterocycles. The van der Waals surface area contributed by atoms with Gasteiger partial charge >= 0.3 is 12.1 Å². The highest BCUT2D eigenvalue weighted by Crippen LogP contribution is 2.34. The number of anilines is 2. The predicted octanol–water partition coefficient (Wildman–Crippen LogP) is 5.51. The van der Waals surface area contributed by atoms with Crippen LogP contribution in [-0.2, 0) is 6.18 Å². The first-order valence-electron chi connectivity index (χ1n) is 6.99. The summed E-state index contributed by atoms with van der Waals surface area (Å²) in [6, 6.07) is 8.34. The first-order valence-corrected chi connectivity index (χ1v) is 8.16. The normalized spacial score (nSPS) is 11.6. The number of nitrogens with zero attached hydrogens (tertiary/aromatic N) is 2. The lowest BCUT2D eigenvalue weighted by Gasteiger charge is -2.14. The van der Waals surface area contributed by atoms with Crippen LogP contribution in [0.15, 0.2) is 40.9 Å². The van der Waals surface area contributed by atoms with E-state index in [1.807, 2.05) is 0 Å². The molecule has 0 radical (unpaired) electrons. The number of aromatic carboxylic acids is 1. The number of fused-ring (bicyclic) bond motifs is 1. The van der Waals surface area contributed by atoms with Gasteiger partial charge in [0.15, 0.2) is 0 Å². The summed E-state index contributed by atoms with van der Waals surface area (Å²) in [6.45, 7) is 0. The van der Waals surface area contributed by atoms with Gasteiger partial charge in [-0.1, -0.05) is 27.5 Å². The number of aromatic nitrogens is 2. The maximum absolute atomic E-state index is 13.1. The van der Waals surface area contributed by atoms with E-state index in [1.54, 1.807) is 12.1 Å². The van der Waals surface area contributed by atoms with Gasteiger partial charge in [-0.25, -0.2) is 14.8 Å². The third-order valence-corrected chi connectivity index (χ3v) is 4.20. The SMILES string of the molecule is O=C(O)c1ccc(Cl)c(Nc2nc(C(F)(F)F)nc3ccc(Br)cc23)c1. The number of carboxylic acid groups (broad SMARTS) is 1. The lowest BCUT2D eigenvalue weighted by molar-refractivity contribution is -0.144. The van der Waals surface area contributed by atoms with E-state index in [2.05, 4.69) is 31.2 Å². The minimum Gasteiger partial charge on any atom is -0.478 e. The van der Waals surface area contributed by atoms with Gasteiger partial charge in [0.25, 0.3) is 0 Å². The second-order valence-electron chi connectivity index (χ2n) is 5.18. The van der Waals surface area contributed by atoms with Crippen LogP contribution in [0.4, 0.5) is 24.7 Å². The first kappa shape index (κ1) is 18.4. The van der Waals surface area contributed by atoms with Crippen LogP contribution in [0.25, 0.3) is 10.9 Å². The molecule has 1 aromatic heterocycles. The standard InChI is InChI=1S/C16H8BrClF3N3O2/c17-8-2-4-11-9(6-8)13(24-15(23-11)16(19,20)21)22-12-5-7(14(25)26)1-3-10(12)18/h1-6H,(H,25,26)(H,22,23,24). The Balaban J connectivity index is 2.19. The van der Waals surface area contributed by atoms with Crippen LogP contribution in [-0.4, -0.2) is 21.0 Å². The van der Waals surface area contributed by atoms with E-state index in [0.29, 0.717) is 9.86 Å². The molecule has 0 fully saturated rings. The number of hydrogen-bond donors (Lipinski definition) is 2. The molecule has 3 rings (SSSR count). The van der Waals surface area contributed by atoms with Crippen LogP contribution in [0, 0.1) is 0 Å². The van der Waals surface area contributed by atoms with Crippen LogP contribution >= 0.6 is 27.5 Å². The quantitative estimate of drug-likeness (QED) is 0.555. The summed E-state index contributed by atoms with van der Waals surface area (Å²) in [6.07, 6.45) is -4.75. The van der Waals surface area contributed by atoms with Crippen molar-refractivity contribution in [3.63, 3.8) is 0 Å². The lowest BCUT2D eigenvalue weighted by Crippen LogP contribution is -2.13. The van der Waals surface area contributed by atoms with Crippen molar-refractivity contribution < 1.29 is 23.1 Å². The molecule has 10 heteroatoms. The zero-order valence-corrected chi connectivity index (χ0v) is 14.9. The molecule has 0 atom stereocenters. The fourth-order valence-corrected chi connectivity index (χ4v) is 2.73. The molecule has 26 heavy (non-hydrogen) atoms. The van der Waals surface area contributed by atoms with Crippen LogP contribution in [0.5, 0.6) is 0 Å². The van der Waals surface area contributed by atoms with Crippen molar-refractivity contribution >= 4 is 55.9 Å². The van der Waals surface area contributed by atoms with Crippen molar-refractivity contribution in [2.24, 2.45) is 0 Å². The number of alkyl halides is 3. The fraction of sp³-hybridized carbons (Fsp3) is 0.0625. The molecule has 0 bridgehead atoms. The second kappa shape index (κ2) is 6.73. The molecule has 134 valence electrons. The Labute approximate surface area is 158 Å². The van der Waals surface area contributed by atoms with Gasteiger partial charge in [-0.05, 0) is 36.4 Å². The van der Waals surface area contributed by atoms with E-state index in [4.69, 9.17) is 16.7 Å². The molecule has 0 saturated carbocycles. The summed E-state index contributed by atoms with van der Waals surface area (Å²) >= 11 is 9.28. The smallest absolute Gasteiger partial charge is 0.451 e. The summed E-state index contributed by atoms with van der Waals surface area (Å²) in [7, 11) is 0. The van der Waals surface area contributed by atoms with Gasteiger partial charge in [-0.3, -0.25) is 0 Å². The zero-order valence-electron chi connectivity index (χ0n) is 12.6. The van der Waals surface area contributed by atoms with E-state index in [0.717, 1.165) is 0 Å². The van der Waals surface area contributed by atoms with Crippen LogP contribution < -0.4 is 5.32 Å². The van der Waals surface area contributed by atoms with Crippen LogP contribution in [0.2, 0.25) is 5.02 Å². The minimum absolute atomic E-state index is 0.0727. The Kier molecular flexibility index (Phi) is 4.76. The van der Waals surface area contributed by atoms with Gasteiger partial charge in [0, 0.05) is 9.86 Å². The van der Waals surface area contributed by atoms with Crippen molar-refractivity contribution in [3.8, 4) is 0 Å². The molecule has 0 aliphatic rings. The van der Waals surface area contributed by atoms with Crippen LogP contribution in [0.1, 0.15) is 16.2 Å². The van der Waals surface area contributed by atoms with Crippen molar-refractivity contribution in [2.45, 2.75) is 6.18 Å². The molecule has 5 nitrogen and oxygen atoms in total. The number of carboxylic acids is 1. The topological polar surface area (TPSA) is 75.1 Å². The number of carbonyl (C=O) groups is 1. The van der Waals surface area contributed by atoms with Gasteiger partial charge < -0.3 is 10.4 Å². The highest BCUT2D eigenvalue weighted by atomic mass is 79.9. The maximum Gasteiger partial charge on any atom is 0.451 e. The summed E-state index contributed by atoms with van der Waals surface area (Å²) in [5, 5.41) is 12.2. The Morgan fingerprint density at radius 2 is 1.88 bits per heavy atom. The minimum atomic E-state index is -4.75. The Bertz CT molecular complexity index is 1030.